The number of nitrogens with zero attached hydrogens (tertiary/aromatic N) is 2. The molecule has 0 unspecified atom stereocenters. The average molecular weight is 254 g/mol. The first-order valence-electron chi connectivity index (χ1n) is 6.04. The lowest BCUT2D eigenvalue weighted by Gasteiger charge is -2.18. The number of aromatic nitrogens is 2. The van der Waals surface area contributed by atoms with Crippen LogP contribution in [0.15, 0.2) is 41.3 Å². The molecule has 0 spiro atoms. The van der Waals surface area contributed by atoms with Gasteiger partial charge in [0.25, 0.3) is 5.56 Å². The Kier molecular flexibility index (Phi) is 2.03. The number of fused-ring (bicyclic) bond motifs is 3. The second kappa shape index (κ2) is 3.71. The molecular formula is C14H10N2O3. The van der Waals surface area contributed by atoms with Crippen LogP contribution in [0.4, 0.5) is 0 Å². The van der Waals surface area contributed by atoms with Crippen molar-refractivity contribution in [2.24, 2.45) is 0 Å². The SMILES string of the molecule is O=c1c2cc3c(cc2nc2ccccn12)OCCO3. The lowest BCUT2D eigenvalue weighted by molar-refractivity contribution is 0.172. The highest BCUT2D eigenvalue weighted by atomic mass is 16.6. The quantitative estimate of drug-likeness (QED) is 0.572. The molecule has 0 amide bonds. The summed E-state index contributed by atoms with van der Waals surface area (Å²) >= 11 is 0. The van der Waals surface area contributed by atoms with Crippen LogP contribution in [-0.2, 0) is 0 Å². The van der Waals surface area contributed by atoms with E-state index in [-0.39, 0.29) is 5.56 Å². The number of ether oxygens (including phenoxy) is 2. The van der Waals surface area contributed by atoms with E-state index in [0.717, 1.165) is 0 Å². The molecule has 0 saturated carbocycles. The minimum absolute atomic E-state index is 0.0995. The number of pyridine rings is 1. The summed E-state index contributed by atoms with van der Waals surface area (Å²) in [7, 11) is 0. The second-order valence-electron chi connectivity index (χ2n) is 4.36. The molecule has 5 nitrogen and oxygen atoms in total. The predicted molar refractivity (Wildman–Crippen MR) is 70.0 cm³/mol. The monoisotopic (exact) mass is 254 g/mol. The van der Waals surface area contributed by atoms with Crippen LogP contribution in [0.1, 0.15) is 0 Å². The molecular weight excluding hydrogens is 244 g/mol. The van der Waals surface area contributed by atoms with Gasteiger partial charge in [-0.1, -0.05) is 6.07 Å². The third kappa shape index (κ3) is 1.48. The lowest BCUT2D eigenvalue weighted by atomic mass is 10.2. The van der Waals surface area contributed by atoms with Gasteiger partial charge in [-0.05, 0) is 18.2 Å². The maximum Gasteiger partial charge on any atom is 0.265 e. The summed E-state index contributed by atoms with van der Waals surface area (Å²) in [6.45, 7) is 1.02. The third-order valence-electron chi connectivity index (χ3n) is 3.18. The van der Waals surface area contributed by atoms with Crippen molar-refractivity contribution in [3.8, 4) is 11.5 Å². The molecule has 0 fully saturated rings. The van der Waals surface area contributed by atoms with Crippen LogP contribution < -0.4 is 15.0 Å². The fourth-order valence-corrected chi connectivity index (χ4v) is 2.29. The highest BCUT2D eigenvalue weighted by Crippen LogP contribution is 2.32. The summed E-state index contributed by atoms with van der Waals surface area (Å²) in [5.41, 5.74) is 1.15. The zero-order chi connectivity index (χ0) is 12.8. The molecule has 1 aromatic carbocycles. The molecule has 94 valence electrons. The second-order valence-corrected chi connectivity index (χ2v) is 4.36. The smallest absolute Gasteiger partial charge is 0.265 e. The Morgan fingerprint density at radius 3 is 2.74 bits per heavy atom. The number of rotatable bonds is 0. The van der Waals surface area contributed by atoms with Crippen LogP contribution in [0.3, 0.4) is 0 Å². The van der Waals surface area contributed by atoms with Gasteiger partial charge in [-0.3, -0.25) is 9.20 Å². The maximum absolute atomic E-state index is 12.4. The Labute approximate surface area is 108 Å². The zero-order valence-corrected chi connectivity index (χ0v) is 10.00. The fraction of sp³-hybridized carbons (Fsp3) is 0.143. The van der Waals surface area contributed by atoms with Gasteiger partial charge in [-0.25, -0.2) is 4.98 Å². The third-order valence-corrected chi connectivity index (χ3v) is 3.18. The molecule has 0 radical (unpaired) electrons. The first-order chi connectivity index (χ1) is 9.33. The Bertz CT molecular complexity index is 854. The number of hydrogen-bond acceptors (Lipinski definition) is 4. The first kappa shape index (κ1) is 10.4. The van der Waals surface area contributed by atoms with E-state index in [1.807, 2.05) is 6.07 Å². The summed E-state index contributed by atoms with van der Waals surface area (Å²) in [5.74, 6) is 1.25. The van der Waals surface area contributed by atoms with Crippen LogP contribution in [0, 0.1) is 0 Å². The highest BCUT2D eigenvalue weighted by Gasteiger charge is 2.15. The van der Waals surface area contributed by atoms with Crippen LogP contribution in [0.2, 0.25) is 0 Å². The van der Waals surface area contributed by atoms with Gasteiger partial charge in [0.05, 0.1) is 10.9 Å². The minimum atomic E-state index is -0.0995. The van der Waals surface area contributed by atoms with Crippen LogP contribution >= 0.6 is 0 Å². The van der Waals surface area contributed by atoms with Gasteiger partial charge in [-0.15, -0.1) is 0 Å². The van der Waals surface area contributed by atoms with Gasteiger partial charge in [-0.2, -0.15) is 0 Å². The molecule has 3 aromatic rings. The molecule has 0 saturated heterocycles. The van der Waals surface area contributed by atoms with Crippen LogP contribution in [-0.4, -0.2) is 22.6 Å². The van der Waals surface area contributed by atoms with Gasteiger partial charge in [0.1, 0.15) is 18.9 Å². The first-order valence-corrected chi connectivity index (χ1v) is 6.04. The van der Waals surface area contributed by atoms with E-state index in [1.165, 1.54) is 4.40 Å². The Morgan fingerprint density at radius 1 is 1.11 bits per heavy atom. The van der Waals surface area contributed by atoms with Crippen LogP contribution in [0.5, 0.6) is 11.5 Å². The van der Waals surface area contributed by atoms with E-state index < -0.39 is 0 Å². The van der Waals surface area contributed by atoms with E-state index in [9.17, 15) is 4.79 Å². The minimum Gasteiger partial charge on any atom is -0.486 e. The van der Waals surface area contributed by atoms with E-state index in [2.05, 4.69) is 4.98 Å². The van der Waals surface area contributed by atoms with Gasteiger partial charge in [0.15, 0.2) is 11.5 Å². The van der Waals surface area contributed by atoms with E-state index in [4.69, 9.17) is 9.47 Å². The number of benzene rings is 1. The molecule has 0 bridgehead atoms. The normalized spacial score (nSPS) is 13.9. The van der Waals surface area contributed by atoms with Crippen molar-refractivity contribution >= 4 is 16.6 Å². The highest BCUT2D eigenvalue weighted by molar-refractivity contribution is 5.83. The van der Waals surface area contributed by atoms with Gasteiger partial charge in [0.2, 0.25) is 0 Å². The molecule has 1 aliphatic heterocycles. The van der Waals surface area contributed by atoms with E-state index in [0.29, 0.717) is 41.3 Å². The maximum atomic E-state index is 12.4. The van der Waals surface area contributed by atoms with Gasteiger partial charge >= 0.3 is 0 Å². The van der Waals surface area contributed by atoms with Crippen LogP contribution in [0.25, 0.3) is 16.6 Å². The topological polar surface area (TPSA) is 52.8 Å². The molecule has 5 heteroatoms. The Hall–Kier alpha value is -2.56. The molecule has 0 aliphatic carbocycles. The molecule has 2 aromatic heterocycles. The van der Waals surface area contributed by atoms with Gasteiger partial charge < -0.3 is 9.47 Å². The summed E-state index contributed by atoms with van der Waals surface area (Å²) < 4.78 is 12.5. The van der Waals surface area contributed by atoms with Crippen molar-refractivity contribution in [3.63, 3.8) is 0 Å². The summed E-state index contributed by atoms with van der Waals surface area (Å²) in [5, 5.41) is 0.535. The van der Waals surface area contributed by atoms with E-state index in [1.54, 1.807) is 30.5 Å². The molecule has 3 heterocycles. The molecule has 4 rings (SSSR count). The molecule has 19 heavy (non-hydrogen) atoms. The average Bonchev–Trinajstić information content (AvgIpc) is 2.46. The number of hydrogen-bond donors (Lipinski definition) is 0. The largest absolute Gasteiger partial charge is 0.486 e. The molecule has 0 atom stereocenters. The summed E-state index contributed by atoms with van der Waals surface area (Å²) in [4.78, 5) is 16.9. The van der Waals surface area contributed by atoms with Crippen molar-refractivity contribution in [1.29, 1.82) is 0 Å². The van der Waals surface area contributed by atoms with Crippen molar-refractivity contribution < 1.29 is 9.47 Å². The molecule has 0 N–H and O–H groups in total. The Balaban J connectivity index is 2.15. The standard InChI is InChI=1S/C14H10N2O3/c17-14-9-7-11-12(19-6-5-18-11)8-10(9)15-13-3-1-2-4-16(13)14/h1-4,7-8H,5-6H2. The fourth-order valence-electron chi connectivity index (χ4n) is 2.29. The van der Waals surface area contributed by atoms with Crippen molar-refractivity contribution in [2.75, 3.05) is 13.2 Å². The molecule has 1 aliphatic rings. The van der Waals surface area contributed by atoms with Crippen molar-refractivity contribution in [1.82, 2.24) is 9.38 Å². The van der Waals surface area contributed by atoms with Crippen molar-refractivity contribution in [3.05, 3.63) is 46.9 Å². The lowest BCUT2D eigenvalue weighted by Crippen LogP contribution is -2.18. The Morgan fingerprint density at radius 2 is 1.89 bits per heavy atom. The predicted octanol–water partition coefficient (Wildman–Crippen LogP) is 1.62. The summed E-state index contributed by atoms with van der Waals surface area (Å²) in [6, 6.07) is 8.93. The zero-order valence-electron chi connectivity index (χ0n) is 10.00. The van der Waals surface area contributed by atoms with E-state index >= 15 is 0 Å². The van der Waals surface area contributed by atoms with Crippen molar-refractivity contribution in [2.45, 2.75) is 0 Å². The summed E-state index contributed by atoms with van der Waals surface area (Å²) in [6.07, 6.45) is 1.71. The van der Waals surface area contributed by atoms with Gasteiger partial charge in [0, 0.05) is 12.3 Å².